The van der Waals surface area contributed by atoms with Crippen LogP contribution in [0.1, 0.15) is 12.0 Å². The first-order chi connectivity index (χ1) is 11.0. The van der Waals surface area contributed by atoms with E-state index in [1.165, 1.54) is 4.31 Å². The van der Waals surface area contributed by atoms with Gasteiger partial charge in [-0.25, -0.2) is 12.7 Å². The predicted molar refractivity (Wildman–Crippen MR) is 88.5 cm³/mol. The van der Waals surface area contributed by atoms with E-state index in [4.69, 9.17) is 0 Å². The third kappa shape index (κ3) is 2.82. The Bertz CT molecular complexity index is 790. The molecule has 23 heavy (non-hydrogen) atoms. The van der Waals surface area contributed by atoms with Gasteiger partial charge in [0.15, 0.2) is 0 Å². The van der Waals surface area contributed by atoms with Crippen LogP contribution in [0.4, 0.5) is 0 Å². The molecule has 1 aliphatic rings. The Labute approximate surface area is 136 Å². The highest BCUT2D eigenvalue weighted by atomic mass is 32.2. The number of hydrogen-bond acceptors (Lipinski definition) is 3. The van der Waals surface area contributed by atoms with Crippen molar-refractivity contribution in [3.63, 3.8) is 0 Å². The largest absolute Gasteiger partial charge is 0.303 e. The minimum atomic E-state index is -3.55. The highest BCUT2D eigenvalue weighted by molar-refractivity contribution is 7.89. The lowest BCUT2D eigenvalue weighted by Gasteiger charge is -2.24. The van der Waals surface area contributed by atoms with Crippen molar-refractivity contribution in [3.05, 3.63) is 66.2 Å². The van der Waals surface area contributed by atoms with E-state index in [-0.39, 0.29) is 10.8 Å². The Hall–Kier alpha value is -1.98. The average Bonchev–Trinajstić information content (AvgIpc) is 3.31. The van der Waals surface area contributed by atoms with Crippen LogP contribution in [0, 0.1) is 5.92 Å². The molecule has 2 aromatic rings. The van der Waals surface area contributed by atoms with Gasteiger partial charge >= 0.3 is 0 Å². The number of rotatable bonds is 6. The van der Waals surface area contributed by atoms with Gasteiger partial charge in [0.05, 0.1) is 4.90 Å². The summed E-state index contributed by atoms with van der Waals surface area (Å²) in [6.45, 7) is 0.303. The molecule has 4 nitrogen and oxygen atoms in total. The lowest BCUT2D eigenvalue weighted by Crippen LogP contribution is -2.35. The first-order valence-corrected chi connectivity index (χ1v) is 8.97. The van der Waals surface area contributed by atoms with Gasteiger partial charge in [0, 0.05) is 24.9 Å². The number of benzene rings is 2. The van der Waals surface area contributed by atoms with Crippen molar-refractivity contribution in [1.29, 1.82) is 0 Å². The maximum Gasteiger partial charge on any atom is 0.242 e. The maximum atomic E-state index is 12.7. The zero-order valence-electron chi connectivity index (χ0n) is 12.9. The van der Waals surface area contributed by atoms with Crippen LogP contribution in [-0.4, -0.2) is 32.6 Å². The van der Waals surface area contributed by atoms with Crippen molar-refractivity contribution in [2.45, 2.75) is 16.7 Å². The van der Waals surface area contributed by atoms with Crippen molar-refractivity contribution in [3.8, 4) is 0 Å². The zero-order chi connectivity index (χ0) is 16.5. The molecule has 120 valence electrons. The molecule has 0 heterocycles. The molecule has 0 bridgehead atoms. The summed E-state index contributed by atoms with van der Waals surface area (Å²) in [5, 5.41) is 0. The second-order valence-corrected chi connectivity index (χ2v) is 8.09. The average molecular weight is 329 g/mol. The Morgan fingerprint density at radius 3 is 2.17 bits per heavy atom. The molecule has 2 aromatic carbocycles. The molecule has 0 radical (unpaired) electrons. The van der Waals surface area contributed by atoms with E-state index in [0.29, 0.717) is 13.0 Å². The second-order valence-electron chi connectivity index (χ2n) is 6.04. The number of aldehydes is 1. The van der Waals surface area contributed by atoms with E-state index in [1.807, 2.05) is 30.3 Å². The molecule has 0 spiro atoms. The van der Waals surface area contributed by atoms with Crippen LogP contribution < -0.4 is 0 Å². The van der Waals surface area contributed by atoms with Gasteiger partial charge in [-0.15, -0.1) is 0 Å². The van der Waals surface area contributed by atoms with Gasteiger partial charge in [-0.05, 0) is 24.1 Å². The molecule has 0 N–H and O–H groups in total. The van der Waals surface area contributed by atoms with Gasteiger partial charge < -0.3 is 4.79 Å². The first-order valence-electron chi connectivity index (χ1n) is 7.53. The first kappa shape index (κ1) is 15.9. The summed E-state index contributed by atoms with van der Waals surface area (Å²) in [6, 6.07) is 18.1. The molecule has 2 atom stereocenters. The number of carbonyl (C=O) groups excluding carboxylic acids is 1. The summed E-state index contributed by atoms with van der Waals surface area (Å²) in [5.74, 6) is -0.127. The van der Waals surface area contributed by atoms with Crippen molar-refractivity contribution in [2.75, 3.05) is 13.6 Å². The number of likely N-dealkylation sites (N-methyl/N-ethyl adjacent to an activating group) is 1. The molecule has 0 unspecified atom stereocenters. The minimum absolute atomic E-state index is 0.127. The number of sulfonamides is 1. The molecular weight excluding hydrogens is 310 g/mol. The minimum Gasteiger partial charge on any atom is -0.303 e. The van der Waals surface area contributed by atoms with Crippen LogP contribution in [0.3, 0.4) is 0 Å². The molecule has 3 rings (SSSR count). The van der Waals surface area contributed by atoms with Crippen molar-refractivity contribution in [2.24, 2.45) is 5.92 Å². The third-order valence-corrected chi connectivity index (χ3v) is 6.42. The SMILES string of the molecule is CN(C[C@]1(c2ccccc2)C[C@@H]1C=O)S(=O)(=O)c1ccccc1. The van der Waals surface area contributed by atoms with E-state index in [0.717, 1.165) is 11.8 Å². The molecule has 1 fully saturated rings. The second kappa shape index (κ2) is 5.91. The van der Waals surface area contributed by atoms with E-state index >= 15 is 0 Å². The Morgan fingerprint density at radius 1 is 1.09 bits per heavy atom. The summed E-state index contributed by atoms with van der Waals surface area (Å²) in [5.41, 5.74) is 0.617. The van der Waals surface area contributed by atoms with E-state index in [9.17, 15) is 13.2 Å². The van der Waals surface area contributed by atoms with Gasteiger partial charge in [0.25, 0.3) is 0 Å². The van der Waals surface area contributed by atoms with Gasteiger partial charge in [0.2, 0.25) is 10.0 Å². The normalized spacial score (nSPS) is 23.7. The number of carbonyl (C=O) groups is 1. The van der Waals surface area contributed by atoms with Crippen LogP contribution in [-0.2, 0) is 20.2 Å². The molecule has 0 amide bonds. The van der Waals surface area contributed by atoms with E-state index in [1.54, 1.807) is 37.4 Å². The van der Waals surface area contributed by atoms with Gasteiger partial charge in [-0.3, -0.25) is 0 Å². The summed E-state index contributed by atoms with van der Waals surface area (Å²) in [4.78, 5) is 11.6. The molecule has 0 saturated heterocycles. The Balaban J connectivity index is 1.89. The Morgan fingerprint density at radius 2 is 1.65 bits per heavy atom. The van der Waals surface area contributed by atoms with Crippen molar-refractivity contribution < 1.29 is 13.2 Å². The highest BCUT2D eigenvalue weighted by Gasteiger charge is 2.56. The quantitative estimate of drug-likeness (QED) is 0.765. The molecule has 0 aliphatic heterocycles. The third-order valence-electron chi connectivity index (χ3n) is 4.60. The van der Waals surface area contributed by atoms with Crippen LogP contribution in [0.5, 0.6) is 0 Å². The lowest BCUT2D eigenvalue weighted by molar-refractivity contribution is -0.109. The summed E-state index contributed by atoms with van der Waals surface area (Å²) in [6.07, 6.45) is 1.63. The summed E-state index contributed by atoms with van der Waals surface area (Å²) >= 11 is 0. The van der Waals surface area contributed by atoms with Crippen LogP contribution in [0.25, 0.3) is 0 Å². The smallest absolute Gasteiger partial charge is 0.242 e. The lowest BCUT2D eigenvalue weighted by atomic mass is 9.93. The molecular formula is C18H19NO3S. The van der Waals surface area contributed by atoms with Gasteiger partial charge in [0.1, 0.15) is 6.29 Å². The van der Waals surface area contributed by atoms with E-state index in [2.05, 4.69) is 0 Å². The van der Waals surface area contributed by atoms with Crippen LogP contribution in [0.15, 0.2) is 65.6 Å². The van der Waals surface area contributed by atoms with E-state index < -0.39 is 15.4 Å². The van der Waals surface area contributed by atoms with Crippen LogP contribution in [0.2, 0.25) is 0 Å². The molecule has 1 saturated carbocycles. The maximum absolute atomic E-state index is 12.7. The fraction of sp³-hybridized carbons (Fsp3) is 0.278. The molecule has 1 aliphatic carbocycles. The predicted octanol–water partition coefficient (Wildman–Crippen LogP) is 2.46. The monoisotopic (exact) mass is 329 g/mol. The van der Waals surface area contributed by atoms with Gasteiger partial charge in [-0.2, -0.15) is 0 Å². The summed E-state index contributed by atoms with van der Waals surface area (Å²) in [7, 11) is -1.98. The highest BCUT2D eigenvalue weighted by Crippen LogP contribution is 2.53. The fourth-order valence-electron chi connectivity index (χ4n) is 3.14. The fourth-order valence-corrected chi connectivity index (χ4v) is 4.40. The zero-order valence-corrected chi connectivity index (χ0v) is 13.7. The van der Waals surface area contributed by atoms with Gasteiger partial charge in [-0.1, -0.05) is 48.5 Å². The molecule has 0 aromatic heterocycles. The standard InChI is InChI=1S/C18H19NO3S/c1-19(23(21,22)17-10-6-3-7-11-17)14-18(12-16(18)13-20)15-8-4-2-5-9-15/h2-11,13,16H,12,14H2,1H3/t16-,18+/m1/s1. The summed E-state index contributed by atoms with van der Waals surface area (Å²) < 4.78 is 26.8. The topological polar surface area (TPSA) is 54.5 Å². The van der Waals surface area contributed by atoms with Crippen molar-refractivity contribution in [1.82, 2.24) is 4.31 Å². The number of nitrogens with zero attached hydrogens (tertiary/aromatic N) is 1. The van der Waals surface area contributed by atoms with Crippen LogP contribution >= 0.6 is 0 Å². The molecule has 5 heteroatoms. The Kier molecular flexibility index (Phi) is 4.08. The number of hydrogen-bond donors (Lipinski definition) is 0. The van der Waals surface area contributed by atoms with Crippen molar-refractivity contribution >= 4 is 16.3 Å².